The van der Waals surface area contributed by atoms with E-state index in [1.54, 1.807) is 25.8 Å². The molecule has 0 spiro atoms. The summed E-state index contributed by atoms with van der Waals surface area (Å²) in [5, 5.41) is 9.17. The van der Waals surface area contributed by atoms with Crippen LogP contribution >= 0.6 is 0 Å². The fourth-order valence-electron chi connectivity index (χ4n) is 2.56. The molecule has 1 aliphatic rings. The van der Waals surface area contributed by atoms with E-state index in [9.17, 15) is 14.7 Å². The molecule has 1 saturated heterocycles. The molecular formula is C14H26N2O3. The molecule has 0 aromatic rings. The maximum atomic E-state index is 12.4. The molecule has 1 aliphatic heterocycles. The lowest BCUT2D eigenvalue weighted by atomic mass is 9.97. The van der Waals surface area contributed by atoms with Gasteiger partial charge in [0.05, 0.1) is 6.54 Å². The first kappa shape index (κ1) is 16.0. The Kier molecular flexibility index (Phi) is 4.96. The monoisotopic (exact) mass is 270 g/mol. The van der Waals surface area contributed by atoms with Crippen LogP contribution in [0.2, 0.25) is 0 Å². The van der Waals surface area contributed by atoms with Gasteiger partial charge in [0.1, 0.15) is 5.54 Å². The van der Waals surface area contributed by atoms with Crippen LogP contribution in [0.5, 0.6) is 0 Å². The molecule has 19 heavy (non-hydrogen) atoms. The lowest BCUT2D eigenvalue weighted by Crippen LogP contribution is -2.55. The maximum Gasteiger partial charge on any atom is 0.323 e. The maximum absolute atomic E-state index is 12.4. The Labute approximate surface area is 115 Å². The van der Waals surface area contributed by atoms with E-state index < -0.39 is 11.5 Å². The van der Waals surface area contributed by atoms with E-state index in [1.165, 1.54) is 0 Å². The van der Waals surface area contributed by atoms with Gasteiger partial charge in [0.15, 0.2) is 0 Å². The van der Waals surface area contributed by atoms with Crippen LogP contribution in [0, 0.1) is 0 Å². The Morgan fingerprint density at radius 1 is 1.26 bits per heavy atom. The fraction of sp³-hybridized carbons (Fsp3) is 0.857. The van der Waals surface area contributed by atoms with Gasteiger partial charge in [0, 0.05) is 12.1 Å². The van der Waals surface area contributed by atoms with Gasteiger partial charge >= 0.3 is 5.97 Å². The number of rotatable bonds is 4. The summed E-state index contributed by atoms with van der Waals surface area (Å²) in [7, 11) is 1.69. The number of likely N-dealkylation sites (tertiary alicyclic amines) is 1. The lowest BCUT2D eigenvalue weighted by molar-refractivity contribution is -0.151. The highest BCUT2D eigenvalue weighted by atomic mass is 16.4. The average molecular weight is 270 g/mol. The second-order valence-corrected chi connectivity index (χ2v) is 6.15. The first-order valence-corrected chi connectivity index (χ1v) is 6.93. The summed E-state index contributed by atoms with van der Waals surface area (Å²) in [4.78, 5) is 27.1. The second kappa shape index (κ2) is 5.90. The number of carboxylic acid groups (broad SMARTS) is 1. The third kappa shape index (κ3) is 3.47. The number of carbonyl (C=O) groups excluding carboxylic acids is 1. The minimum absolute atomic E-state index is 0.0246. The highest BCUT2D eigenvalue weighted by molar-refractivity contribution is 5.82. The number of piperidine rings is 1. The Morgan fingerprint density at radius 3 is 2.16 bits per heavy atom. The lowest BCUT2D eigenvalue weighted by Gasteiger charge is -2.41. The number of likely N-dealkylation sites (N-methyl/N-ethyl adjacent to an activating group) is 1. The molecule has 2 atom stereocenters. The van der Waals surface area contributed by atoms with Crippen LogP contribution in [0.1, 0.15) is 47.0 Å². The predicted octanol–water partition coefficient (Wildman–Crippen LogP) is 1.57. The van der Waals surface area contributed by atoms with E-state index in [0.717, 1.165) is 19.3 Å². The van der Waals surface area contributed by atoms with Gasteiger partial charge in [-0.3, -0.25) is 14.5 Å². The highest BCUT2D eigenvalue weighted by Crippen LogP contribution is 2.23. The van der Waals surface area contributed by atoms with Gasteiger partial charge in [-0.1, -0.05) is 0 Å². The van der Waals surface area contributed by atoms with E-state index in [-0.39, 0.29) is 24.5 Å². The van der Waals surface area contributed by atoms with Gasteiger partial charge < -0.3 is 10.0 Å². The Morgan fingerprint density at radius 2 is 1.74 bits per heavy atom. The number of carbonyl (C=O) groups is 2. The number of aliphatic carboxylic acids is 1. The SMILES string of the molecule is CC1CCCC(C)N1C(=O)CN(C)C(C)(C)C(=O)O. The van der Waals surface area contributed by atoms with Crippen LogP contribution < -0.4 is 0 Å². The van der Waals surface area contributed by atoms with Crippen molar-refractivity contribution >= 4 is 11.9 Å². The third-order valence-corrected chi connectivity index (χ3v) is 4.33. The molecule has 2 unspecified atom stereocenters. The topological polar surface area (TPSA) is 60.9 Å². The van der Waals surface area contributed by atoms with Crippen molar-refractivity contribution < 1.29 is 14.7 Å². The van der Waals surface area contributed by atoms with Crippen LogP contribution in [0.4, 0.5) is 0 Å². The van der Waals surface area contributed by atoms with Gasteiger partial charge in [-0.25, -0.2) is 0 Å². The number of carboxylic acids is 1. The molecule has 0 aromatic carbocycles. The largest absolute Gasteiger partial charge is 0.480 e. The summed E-state index contributed by atoms with van der Waals surface area (Å²) in [6.45, 7) is 7.51. The molecule has 0 aromatic heterocycles. The van der Waals surface area contributed by atoms with Crippen molar-refractivity contribution in [3.8, 4) is 0 Å². The molecule has 1 fully saturated rings. The van der Waals surface area contributed by atoms with Crippen molar-refractivity contribution in [2.75, 3.05) is 13.6 Å². The van der Waals surface area contributed by atoms with Gasteiger partial charge in [-0.05, 0) is 54.0 Å². The van der Waals surface area contributed by atoms with Crippen LogP contribution in [0.25, 0.3) is 0 Å². The van der Waals surface area contributed by atoms with E-state index in [0.29, 0.717) is 0 Å². The zero-order valence-electron chi connectivity index (χ0n) is 12.6. The van der Waals surface area contributed by atoms with E-state index in [4.69, 9.17) is 0 Å². The summed E-state index contributed by atoms with van der Waals surface area (Å²) in [5.74, 6) is -0.890. The zero-order valence-corrected chi connectivity index (χ0v) is 12.6. The van der Waals surface area contributed by atoms with Gasteiger partial charge in [0.25, 0.3) is 0 Å². The standard InChI is InChI=1S/C14H26N2O3/c1-10-7-6-8-11(2)16(10)12(17)9-15(5)14(3,4)13(18)19/h10-11H,6-9H2,1-5H3,(H,18,19). The van der Waals surface area contributed by atoms with E-state index in [1.807, 2.05) is 4.90 Å². The fourth-order valence-corrected chi connectivity index (χ4v) is 2.56. The summed E-state index contributed by atoms with van der Waals surface area (Å²) in [6, 6.07) is 0.496. The molecule has 0 saturated carbocycles. The molecule has 0 radical (unpaired) electrons. The first-order chi connectivity index (χ1) is 8.67. The summed E-state index contributed by atoms with van der Waals surface area (Å²) in [5.41, 5.74) is -1.03. The predicted molar refractivity (Wildman–Crippen MR) is 74.0 cm³/mol. The van der Waals surface area contributed by atoms with E-state index in [2.05, 4.69) is 13.8 Å². The average Bonchev–Trinajstić information content (AvgIpc) is 2.28. The molecule has 0 aliphatic carbocycles. The van der Waals surface area contributed by atoms with Gasteiger partial charge in [0.2, 0.25) is 5.91 Å². The second-order valence-electron chi connectivity index (χ2n) is 6.15. The summed E-state index contributed by atoms with van der Waals surface area (Å²) < 4.78 is 0. The quantitative estimate of drug-likeness (QED) is 0.842. The molecule has 1 rings (SSSR count). The van der Waals surface area contributed by atoms with Gasteiger partial charge in [-0.15, -0.1) is 0 Å². The minimum Gasteiger partial charge on any atom is -0.480 e. The van der Waals surface area contributed by atoms with Crippen molar-refractivity contribution in [1.29, 1.82) is 0 Å². The highest BCUT2D eigenvalue weighted by Gasteiger charge is 2.36. The van der Waals surface area contributed by atoms with Crippen LogP contribution in [0.15, 0.2) is 0 Å². The Bertz CT molecular complexity index is 345. The van der Waals surface area contributed by atoms with Crippen molar-refractivity contribution in [3.05, 3.63) is 0 Å². The molecule has 110 valence electrons. The number of hydrogen-bond acceptors (Lipinski definition) is 3. The smallest absolute Gasteiger partial charge is 0.323 e. The molecule has 1 amide bonds. The Balaban J connectivity index is 2.71. The molecule has 5 nitrogen and oxygen atoms in total. The minimum atomic E-state index is -1.03. The molecule has 1 N–H and O–H groups in total. The summed E-state index contributed by atoms with van der Waals surface area (Å²) >= 11 is 0. The number of hydrogen-bond donors (Lipinski definition) is 1. The van der Waals surface area contributed by atoms with Crippen molar-refractivity contribution in [3.63, 3.8) is 0 Å². The molecule has 5 heteroatoms. The molecular weight excluding hydrogens is 244 g/mol. The van der Waals surface area contributed by atoms with Gasteiger partial charge in [-0.2, -0.15) is 0 Å². The van der Waals surface area contributed by atoms with Crippen molar-refractivity contribution in [2.45, 2.75) is 64.6 Å². The zero-order chi connectivity index (χ0) is 14.8. The van der Waals surface area contributed by atoms with Crippen molar-refractivity contribution in [1.82, 2.24) is 9.80 Å². The van der Waals surface area contributed by atoms with Crippen LogP contribution in [-0.4, -0.2) is 58.0 Å². The number of amides is 1. The van der Waals surface area contributed by atoms with E-state index >= 15 is 0 Å². The van der Waals surface area contributed by atoms with Crippen LogP contribution in [0.3, 0.4) is 0 Å². The third-order valence-electron chi connectivity index (χ3n) is 4.33. The normalized spacial score (nSPS) is 24.6. The Hall–Kier alpha value is -1.10. The molecule has 0 bridgehead atoms. The molecule has 1 heterocycles. The first-order valence-electron chi connectivity index (χ1n) is 6.93. The van der Waals surface area contributed by atoms with Crippen LogP contribution in [-0.2, 0) is 9.59 Å². The number of nitrogens with zero attached hydrogens (tertiary/aromatic N) is 2. The van der Waals surface area contributed by atoms with Crippen molar-refractivity contribution in [2.24, 2.45) is 0 Å². The summed E-state index contributed by atoms with van der Waals surface area (Å²) in [6.07, 6.45) is 3.22.